The first-order chi connectivity index (χ1) is 16.5. The first kappa shape index (κ1) is 24.7. The minimum Gasteiger partial charge on any atom is -0.491 e. The minimum absolute atomic E-state index is 0.0151. The molecular weight excluding hydrogens is 424 g/mol. The molecule has 5 nitrogen and oxygen atoms in total. The van der Waals surface area contributed by atoms with Gasteiger partial charge in [-0.3, -0.25) is 4.79 Å². The van der Waals surface area contributed by atoms with Gasteiger partial charge in [0.25, 0.3) is 5.91 Å². The molecule has 2 aliphatic rings. The highest BCUT2D eigenvalue weighted by molar-refractivity contribution is 5.94. The number of carbonyl (C=O) groups excluding carboxylic acids is 1. The molecule has 0 bridgehead atoms. The average Bonchev–Trinajstić information content (AvgIpc) is 3.36. The number of rotatable bonds is 10. The number of carbonyl (C=O) groups is 1. The molecule has 2 aromatic rings. The molecule has 0 aromatic heterocycles. The van der Waals surface area contributed by atoms with Crippen LogP contribution < -0.4 is 15.4 Å². The minimum atomic E-state index is -0.0151. The molecule has 2 aromatic carbocycles. The first-order valence-corrected chi connectivity index (χ1v) is 13.0. The molecule has 5 heteroatoms. The van der Waals surface area contributed by atoms with E-state index in [0.29, 0.717) is 18.2 Å². The SMILES string of the molecule is CC(C)CCN[C@H](C)c1ccc2c(c1)CC[C@H](NC(=O)c1ccc(OC[C@@H]3CCCO3)cc1)C2. The van der Waals surface area contributed by atoms with Crippen LogP contribution >= 0.6 is 0 Å². The largest absolute Gasteiger partial charge is 0.491 e. The number of hydrogen-bond acceptors (Lipinski definition) is 4. The number of aryl methyl sites for hydroxylation is 1. The predicted molar refractivity (Wildman–Crippen MR) is 137 cm³/mol. The van der Waals surface area contributed by atoms with Gasteiger partial charge in [-0.15, -0.1) is 0 Å². The van der Waals surface area contributed by atoms with Crippen molar-refractivity contribution in [2.45, 2.75) is 77.5 Å². The van der Waals surface area contributed by atoms with Crippen LogP contribution in [-0.2, 0) is 17.6 Å². The van der Waals surface area contributed by atoms with Gasteiger partial charge in [-0.1, -0.05) is 32.0 Å². The van der Waals surface area contributed by atoms with E-state index in [1.54, 1.807) is 0 Å². The van der Waals surface area contributed by atoms with Crippen molar-refractivity contribution in [3.05, 3.63) is 64.7 Å². The standard InChI is InChI=1S/C29H40N2O3/c1-20(2)14-15-30-21(3)23-6-7-25-18-26(11-8-24(25)17-23)31-29(32)22-9-12-27(13-10-22)34-19-28-5-4-16-33-28/h6-7,9-10,12-13,17,20-21,26,28,30H,4-5,8,11,14-16,18-19H2,1-3H3,(H,31,32)/t21-,26+,28+/m1/s1. The molecule has 34 heavy (non-hydrogen) atoms. The second kappa shape index (κ2) is 11.9. The Kier molecular flexibility index (Phi) is 8.63. The maximum Gasteiger partial charge on any atom is 0.251 e. The normalized spacial score (nSPS) is 20.7. The van der Waals surface area contributed by atoms with Crippen LogP contribution in [0.1, 0.15) is 79.5 Å². The van der Waals surface area contributed by atoms with Crippen molar-refractivity contribution >= 4 is 5.91 Å². The molecule has 1 aliphatic carbocycles. The number of amides is 1. The smallest absolute Gasteiger partial charge is 0.251 e. The van der Waals surface area contributed by atoms with E-state index in [1.165, 1.54) is 23.1 Å². The Balaban J connectivity index is 1.26. The lowest BCUT2D eigenvalue weighted by Gasteiger charge is -2.27. The highest BCUT2D eigenvalue weighted by atomic mass is 16.5. The van der Waals surface area contributed by atoms with Crippen LogP contribution in [0.15, 0.2) is 42.5 Å². The summed E-state index contributed by atoms with van der Waals surface area (Å²) in [4.78, 5) is 12.8. The Morgan fingerprint density at radius 2 is 1.91 bits per heavy atom. The summed E-state index contributed by atoms with van der Waals surface area (Å²) < 4.78 is 11.4. The van der Waals surface area contributed by atoms with Crippen LogP contribution in [0.2, 0.25) is 0 Å². The molecule has 184 valence electrons. The van der Waals surface area contributed by atoms with Gasteiger partial charge in [-0.2, -0.15) is 0 Å². The molecule has 1 heterocycles. The van der Waals surface area contributed by atoms with Gasteiger partial charge in [0.15, 0.2) is 0 Å². The fourth-order valence-corrected chi connectivity index (χ4v) is 4.81. The van der Waals surface area contributed by atoms with Crippen molar-refractivity contribution in [2.24, 2.45) is 5.92 Å². The van der Waals surface area contributed by atoms with Crippen LogP contribution in [0.3, 0.4) is 0 Å². The van der Waals surface area contributed by atoms with Gasteiger partial charge in [-0.05, 0) is 98.9 Å². The highest BCUT2D eigenvalue weighted by Crippen LogP contribution is 2.26. The molecular formula is C29H40N2O3. The Bertz CT molecular complexity index is 935. The number of fused-ring (bicyclic) bond motifs is 1. The van der Waals surface area contributed by atoms with Crippen molar-refractivity contribution in [1.82, 2.24) is 10.6 Å². The monoisotopic (exact) mass is 464 g/mol. The van der Waals surface area contributed by atoms with Crippen LogP contribution in [0.5, 0.6) is 5.75 Å². The van der Waals surface area contributed by atoms with E-state index in [9.17, 15) is 4.79 Å². The van der Waals surface area contributed by atoms with E-state index in [1.807, 2.05) is 24.3 Å². The Hall–Kier alpha value is -2.37. The van der Waals surface area contributed by atoms with Crippen LogP contribution in [0, 0.1) is 5.92 Å². The summed E-state index contributed by atoms with van der Waals surface area (Å²) in [6.07, 6.45) is 6.41. The zero-order chi connectivity index (χ0) is 23.9. The topological polar surface area (TPSA) is 59.6 Å². The summed E-state index contributed by atoms with van der Waals surface area (Å²) in [5.41, 5.74) is 4.81. The van der Waals surface area contributed by atoms with Gasteiger partial charge < -0.3 is 20.1 Å². The summed E-state index contributed by atoms with van der Waals surface area (Å²) in [6.45, 7) is 9.21. The molecule has 4 rings (SSSR count). The zero-order valence-electron chi connectivity index (χ0n) is 20.9. The van der Waals surface area contributed by atoms with E-state index < -0.39 is 0 Å². The highest BCUT2D eigenvalue weighted by Gasteiger charge is 2.22. The van der Waals surface area contributed by atoms with E-state index in [4.69, 9.17) is 9.47 Å². The lowest BCUT2D eigenvalue weighted by atomic mass is 9.86. The fraction of sp³-hybridized carbons (Fsp3) is 0.552. The number of nitrogens with one attached hydrogen (secondary N) is 2. The van der Waals surface area contributed by atoms with Crippen LogP contribution in [0.4, 0.5) is 0 Å². The first-order valence-electron chi connectivity index (χ1n) is 13.0. The summed E-state index contributed by atoms with van der Waals surface area (Å²) in [7, 11) is 0. The van der Waals surface area contributed by atoms with Gasteiger partial charge in [-0.25, -0.2) is 0 Å². The molecule has 1 fully saturated rings. The van der Waals surface area contributed by atoms with Gasteiger partial charge >= 0.3 is 0 Å². The Morgan fingerprint density at radius 3 is 2.65 bits per heavy atom. The number of ether oxygens (including phenoxy) is 2. The average molecular weight is 465 g/mol. The maximum atomic E-state index is 12.8. The lowest BCUT2D eigenvalue weighted by Crippen LogP contribution is -2.38. The van der Waals surface area contributed by atoms with Gasteiger partial charge in [0.1, 0.15) is 12.4 Å². The number of hydrogen-bond donors (Lipinski definition) is 2. The fourth-order valence-electron chi connectivity index (χ4n) is 4.81. The second-order valence-electron chi connectivity index (χ2n) is 10.3. The van der Waals surface area contributed by atoms with Crippen molar-refractivity contribution in [1.29, 1.82) is 0 Å². The molecule has 1 amide bonds. The quantitative estimate of drug-likeness (QED) is 0.506. The number of benzene rings is 2. The van der Waals surface area contributed by atoms with Crippen molar-refractivity contribution in [2.75, 3.05) is 19.8 Å². The molecule has 2 N–H and O–H groups in total. The third kappa shape index (κ3) is 6.83. The summed E-state index contributed by atoms with van der Waals surface area (Å²) in [6, 6.07) is 14.8. The van der Waals surface area contributed by atoms with Crippen LogP contribution in [-0.4, -0.2) is 37.8 Å². The van der Waals surface area contributed by atoms with Gasteiger partial charge in [0, 0.05) is 24.3 Å². The summed E-state index contributed by atoms with van der Waals surface area (Å²) >= 11 is 0. The van der Waals surface area contributed by atoms with E-state index in [-0.39, 0.29) is 18.1 Å². The molecule has 0 spiro atoms. The Morgan fingerprint density at radius 1 is 1.09 bits per heavy atom. The third-order valence-electron chi connectivity index (χ3n) is 7.04. The molecule has 0 saturated carbocycles. The maximum absolute atomic E-state index is 12.8. The summed E-state index contributed by atoms with van der Waals surface area (Å²) in [5.74, 6) is 1.49. The summed E-state index contributed by atoms with van der Waals surface area (Å²) in [5, 5.41) is 6.88. The van der Waals surface area contributed by atoms with Crippen LogP contribution in [0.25, 0.3) is 0 Å². The van der Waals surface area contributed by atoms with Crippen molar-refractivity contribution < 1.29 is 14.3 Å². The van der Waals surface area contributed by atoms with E-state index >= 15 is 0 Å². The predicted octanol–water partition coefficient (Wildman–Crippen LogP) is 5.23. The molecule has 1 aliphatic heterocycles. The zero-order valence-corrected chi connectivity index (χ0v) is 20.9. The molecule has 0 unspecified atom stereocenters. The lowest BCUT2D eigenvalue weighted by molar-refractivity contribution is 0.0679. The van der Waals surface area contributed by atoms with Gasteiger partial charge in [0.2, 0.25) is 0 Å². The van der Waals surface area contributed by atoms with Gasteiger partial charge in [0.05, 0.1) is 6.10 Å². The van der Waals surface area contributed by atoms with Crippen molar-refractivity contribution in [3.8, 4) is 5.75 Å². The molecule has 0 radical (unpaired) electrons. The van der Waals surface area contributed by atoms with E-state index in [0.717, 1.165) is 56.9 Å². The molecule has 3 atom stereocenters. The van der Waals surface area contributed by atoms with Crippen molar-refractivity contribution in [3.63, 3.8) is 0 Å². The Labute approximate surface area is 204 Å². The van der Waals surface area contributed by atoms with E-state index in [2.05, 4.69) is 49.6 Å². The molecule has 1 saturated heterocycles. The third-order valence-corrected chi connectivity index (χ3v) is 7.04. The second-order valence-corrected chi connectivity index (χ2v) is 10.3.